The molecule has 0 saturated heterocycles. The van der Waals surface area contributed by atoms with Crippen LogP contribution in [0.3, 0.4) is 0 Å². The Morgan fingerprint density at radius 2 is 1.17 bits per heavy atom. The molecule has 6 aromatic carbocycles. The fraction of sp³-hybridized carbons (Fsp3) is 0. The molecular formula is C37H23N3Se. The Morgan fingerprint density at radius 1 is 0.439 bits per heavy atom. The van der Waals surface area contributed by atoms with Crippen LogP contribution in [0.25, 0.3) is 75.4 Å². The van der Waals surface area contributed by atoms with Crippen LogP contribution in [-0.4, -0.2) is 29.5 Å². The van der Waals surface area contributed by atoms with E-state index in [0.717, 1.165) is 39.4 Å². The van der Waals surface area contributed by atoms with E-state index in [0.29, 0.717) is 0 Å². The Balaban J connectivity index is 1.31. The molecule has 0 N–H and O–H groups in total. The van der Waals surface area contributed by atoms with E-state index in [2.05, 4.69) is 115 Å². The second-order valence-electron chi connectivity index (χ2n) is 10.1. The summed E-state index contributed by atoms with van der Waals surface area (Å²) in [6.45, 7) is 0. The summed E-state index contributed by atoms with van der Waals surface area (Å²) in [6.07, 6.45) is 0. The molecule has 41 heavy (non-hydrogen) atoms. The van der Waals surface area contributed by atoms with Gasteiger partial charge in [0.25, 0.3) is 0 Å². The number of nitrogens with zero attached hydrogens (tertiary/aromatic N) is 3. The molecule has 2 heterocycles. The number of rotatable bonds is 4. The maximum absolute atomic E-state index is 5.11. The zero-order valence-electron chi connectivity index (χ0n) is 22.0. The van der Waals surface area contributed by atoms with Gasteiger partial charge in [0, 0.05) is 0 Å². The molecule has 0 fully saturated rings. The minimum atomic E-state index is 0.103. The van der Waals surface area contributed by atoms with Crippen molar-refractivity contribution < 1.29 is 0 Å². The average molecular weight is 589 g/mol. The van der Waals surface area contributed by atoms with E-state index in [9.17, 15) is 0 Å². The third kappa shape index (κ3) is 4.35. The van der Waals surface area contributed by atoms with Gasteiger partial charge in [0.1, 0.15) is 0 Å². The summed E-state index contributed by atoms with van der Waals surface area (Å²) in [7, 11) is 0. The average Bonchev–Trinajstić information content (AvgIpc) is 3.50. The van der Waals surface area contributed by atoms with Crippen molar-refractivity contribution in [2.75, 3.05) is 0 Å². The first-order valence-electron chi connectivity index (χ1n) is 13.6. The van der Waals surface area contributed by atoms with Gasteiger partial charge in [-0.25, -0.2) is 0 Å². The fourth-order valence-electron chi connectivity index (χ4n) is 5.47. The summed E-state index contributed by atoms with van der Waals surface area (Å²) in [5.74, 6) is 0.728. The Hall–Kier alpha value is -4.89. The molecule has 0 radical (unpaired) electrons. The van der Waals surface area contributed by atoms with E-state index >= 15 is 0 Å². The fourth-order valence-corrected chi connectivity index (χ4v) is 7.75. The number of hydrogen-bond acceptors (Lipinski definition) is 3. The van der Waals surface area contributed by atoms with Crippen LogP contribution in [0.4, 0.5) is 0 Å². The van der Waals surface area contributed by atoms with Crippen LogP contribution in [0.2, 0.25) is 0 Å². The molecule has 192 valence electrons. The summed E-state index contributed by atoms with van der Waals surface area (Å²) in [4.78, 5) is 15.2. The molecule has 0 aliphatic rings. The van der Waals surface area contributed by atoms with Gasteiger partial charge in [-0.1, -0.05) is 0 Å². The standard InChI is InChI=1S/C37H23N3Se/c1-3-11-25(12-4-1)33-23-34(39-36(38-33)26-13-5-2-6-14-26)30-16-9-17-31-29(30)20-21-32-35(31)41-37(40-32)28-19-18-24-10-7-8-15-27(24)22-28/h1-23H. The molecule has 3 nitrogen and oxygen atoms in total. The van der Waals surface area contributed by atoms with Crippen molar-refractivity contribution in [1.82, 2.24) is 15.0 Å². The Labute approximate surface area is 243 Å². The molecule has 0 unspecified atom stereocenters. The third-order valence-corrected chi connectivity index (χ3v) is 9.93. The normalized spacial score (nSPS) is 11.4. The molecule has 0 spiro atoms. The first-order valence-corrected chi connectivity index (χ1v) is 15.3. The zero-order chi connectivity index (χ0) is 27.2. The van der Waals surface area contributed by atoms with Gasteiger partial charge in [-0.2, -0.15) is 0 Å². The van der Waals surface area contributed by atoms with Gasteiger partial charge < -0.3 is 0 Å². The maximum atomic E-state index is 5.11. The zero-order valence-corrected chi connectivity index (χ0v) is 23.7. The molecule has 0 amide bonds. The van der Waals surface area contributed by atoms with Crippen LogP contribution < -0.4 is 0 Å². The minimum absolute atomic E-state index is 0.103. The SMILES string of the molecule is c1ccc(-c2cc(-c3cccc4c3ccc3nc(-c5ccc6ccccc6c5)[se]c34)nc(-c3ccccc3)n2)cc1. The second-order valence-corrected chi connectivity index (χ2v) is 12.2. The predicted molar refractivity (Wildman–Crippen MR) is 171 cm³/mol. The van der Waals surface area contributed by atoms with Crippen molar-refractivity contribution >= 4 is 45.8 Å². The van der Waals surface area contributed by atoms with Crippen molar-refractivity contribution in [1.29, 1.82) is 0 Å². The summed E-state index contributed by atoms with van der Waals surface area (Å²) in [6, 6.07) is 48.8. The summed E-state index contributed by atoms with van der Waals surface area (Å²) in [5, 5.41) is 4.95. The summed E-state index contributed by atoms with van der Waals surface area (Å²) < 4.78 is 2.51. The topological polar surface area (TPSA) is 38.7 Å². The summed E-state index contributed by atoms with van der Waals surface area (Å²) >= 11 is 0.103. The molecule has 0 aliphatic heterocycles. The molecule has 0 bridgehead atoms. The number of benzene rings is 6. The number of aromatic nitrogens is 3. The van der Waals surface area contributed by atoms with Gasteiger partial charge in [0.15, 0.2) is 0 Å². The third-order valence-electron chi connectivity index (χ3n) is 7.51. The van der Waals surface area contributed by atoms with Gasteiger partial charge in [-0.3, -0.25) is 0 Å². The second kappa shape index (κ2) is 9.94. The Bertz CT molecular complexity index is 2140. The summed E-state index contributed by atoms with van der Waals surface area (Å²) in [5.41, 5.74) is 7.31. The van der Waals surface area contributed by atoms with E-state index in [1.807, 2.05) is 24.3 Å². The van der Waals surface area contributed by atoms with Crippen LogP contribution in [0.15, 0.2) is 140 Å². The quantitative estimate of drug-likeness (QED) is 0.193. The van der Waals surface area contributed by atoms with E-state index in [1.54, 1.807) is 0 Å². The molecular weight excluding hydrogens is 565 g/mol. The van der Waals surface area contributed by atoms with Crippen LogP contribution in [-0.2, 0) is 0 Å². The van der Waals surface area contributed by atoms with E-state index in [1.165, 1.54) is 35.9 Å². The van der Waals surface area contributed by atoms with Gasteiger partial charge in [0.2, 0.25) is 0 Å². The van der Waals surface area contributed by atoms with Crippen molar-refractivity contribution in [2.24, 2.45) is 0 Å². The van der Waals surface area contributed by atoms with Gasteiger partial charge >= 0.3 is 244 Å². The monoisotopic (exact) mass is 589 g/mol. The number of hydrogen-bond donors (Lipinski definition) is 0. The van der Waals surface area contributed by atoms with E-state index < -0.39 is 0 Å². The van der Waals surface area contributed by atoms with Crippen molar-refractivity contribution in [3.63, 3.8) is 0 Å². The van der Waals surface area contributed by atoms with E-state index in [4.69, 9.17) is 15.0 Å². The molecule has 0 atom stereocenters. The van der Waals surface area contributed by atoms with Crippen LogP contribution >= 0.6 is 0 Å². The van der Waals surface area contributed by atoms with Crippen LogP contribution in [0, 0.1) is 0 Å². The first kappa shape index (κ1) is 24.0. The van der Waals surface area contributed by atoms with Gasteiger partial charge in [-0.15, -0.1) is 0 Å². The first-order chi connectivity index (χ1) is 20.3. The van der Waals surface area contributed by atoms with Crippen molar-refractivity contribution in [2.45, 2.75) is 0 Å². The molecule has 0 saturated carbocycles. The molecule has 8 rings (SSSR count). The Kier molecular flexibility index (Phi) is 5.81. The molecule has 8 aromatic rings. The Morgan fingerprint density at radius 3 is 2.00 bits per heavy atom. The van der Waals surface area contributed by atoms with Gasteiger partial charge in [0.05, 0.1) is 0 Å². The van der Waals surface area contributed by atoms with Crippen molar-refractivity contribution in [3.05, 3.63) is 140 Å². The molecule has 4 heteroatoms. The van der Waals surface area contributed by atoms with Crippen LogP contribution in [0.1, 0.15) is 0 Å². The number of fused-ring (bicyclic) bond motifs is 4. The van der Waals surface area contributed by atoms with Crippen molar-refractivity contribution in [3.8, 4) is 44.0 Å². The van der Waals surface area contributed by atoms with Crippen LogP contribution in [0.5, 0.6) is 0 Å². The van der Waals surface area contributed by atoms with E-state index in [-0.39, 0.29) is 14.5 Å². The predicted octanol–water partition coefficient (Wildman–Crippen LogP) is 9.06. The molecule has 0 aliphatic carbocycles. The molecule has 2 aromatic heterocycles. The van der Waals surface area contributed by atoms with Gasteiger partial charge in [-0.05, 0) is 0 Å².